The number of fused-ring (bicyclic) bond motifs is 1. The van der Waals surface area contributed by atoms with Crippen LogP contribution in [-0.4, -0.2) is 53.8 Å². The molecule has 3 aromatic rings. The fourth-order valence-electron chi connectivity index (χ4n) is 4.27. The van der Waals surface area contributed by atoms with Crippen molar-refractivity contribution < 1.29 is 14.6 Å². The summed E-state index contributed by atoms with van der Waals surface area (Å²) in [6.45, 7) is 0.318. The van der Waals surface area contributed by atoms with Crippen LogP contribution in [0.3, 0.4) is 0 Å². The van der Waals surface area contributed by atoms with Gasteiger partial charge in [0.2, 0.25) is 5.95 Å². The molecule has 8 heteroatoms. The molecule has 0 atom stereocenters. The van der Waals surface area contributed by atoms with E-state index in [0.29, 0.717) is 30.3 Å². The third-order valence-electron chi connectivity index (χ3n) is 5.97. The lowest BCUT2D eigenvalue weighted by molar-refractivity contribution is -0.139. The molecule has 33 heavy (non-hydrogen) atoms. The van der Waals surface area contributed by atoms with Crippen LogP contribution in [0, 0.1) is 0 Å². The molecule has 3 N–H and O–H groups in total. The van der Waals surface area contributed by atoms with E-state index < -0.39 is 5.97 Å². The summed E-state index contributed by atoms with van der Waals surface area (Å²) in [5, 5.41) is 17.1. The Hall–Kier alpha value is -3.39. The van der Waals surface area contributed by atoms with Crippen LogP contribution in [0.15, 0.2) is 48.5 Å². The van der Waals surface area contributed by atoms with Crippen LogP contribution in [0.2, 0.25) is 0 Å². The first-order chi connectivity index (χ1) is 16.0. The molecule has 1 aromatic heterocycles. The van der Waals surface area contributed by atoms with E-state index in [9.17, 15) is 4.79 Å². The summed E-state index contributed by atoms with van der Waals surface area (Å²) in [5.41, 5.74) is 1.91. The SMILES string of the molecule is CN(C)c1nc(NC2CCC(NCc3ccccc3OCC(=O)O)CC2)nc2ccccc12. The molecule has 0 spiro atoms. The Labute approximate surface area is 194 Å². The first kappa shape index (κ1) is 22.8. The van der Waals surface area contributed by atoms with Crippen molar-refractivity contribution in [1.29, 1.82) is 0 Å². The lowest BCUT2D eigenvalue weighted by Gasteiger charge is -2.30. The molecule has 0 bridgehead atoms. The molecular weight excluding hydrogens is 418 g/mol. The van der Waals surface area contributed by atoms with Gasteiger partial charge in [-0.05, 0) is 43.9 Å². The van der Waals surface area contributed by atoms with Crippen LogP contribution in [-0.2, 0) is 11.3 Å². The summed E-state index contributed by atoms with van der Waals surface area (Å²) in [4.78, 5) is 22.3. The molecule has 0 amide bonds. The summed E-state index contributed by atoms with van der Waals surface area (Å²) in [6.07, 6.45) is 4.15. The molecule has 2 aromatic carbocycles. The van der Waals surface area contributed by atoms with Crippen LogP contribution < -0.4 is 20.3 Å². The highest BCUT2D eigenvalue weighted by atomic mass is 16.5. The molecule has 1 aliphatic rings. The minimum atomic E-state index is -0.975. The zero-order valence-electron chi connectivity index (χ0n) is 19.1. The Morgan fingerprint density at radius 1 is 1.03 bits per heavy atom. The largest absolute Gasteiger partial charge is 0.482 e. The molecule has 0 aliphatic heterocycles. The highest BCUT2D eigenvalue weighted by Gasteiger charge is 2.22. The zero-order valence-corrected chi connectivity index (χ0v) is 19.1. The quantitative estimate of drug-likeness (QED) is 0.455. The number of aliphatic carboxylic acids is 1. The molecule has 1 heterocycles. The Bertz CT molecular complexity index is 1100. The van der Waals surface area contributed by atoms with Gasteiger partial charge in [-0.1, -0.05) is 30.3 Å². The number of nitrogens with one attached hydrogen (secondary N) is 2. The minimum absolute atomic E-state index is 0.333. The van der Waals surface area contributed by atoms with Crippen LogP contribution in [0.1, 0.15) is 31.2 Å². The van der Waals surface area contributed by atoms with Gasteiger partial charge in [0.1, 0.15) is 11.6 Å². The second-order valence-electron chi connectivity index (χ2n) is 8.65. The molecule has 4 rings (SSSR count). The van der Waals surface area contributed by atoms with Gasteiger partial charge in [-0.2, -0.15) is 4.98 Å². The van der Waals surface area contributed by atoms with E-state index in [4.69, 9.17) is 19.8 Å². The highest BCUT2D eigenvalue weighted by molar-refractivity contribution is 5.90. The standard InChI is InChI=1S/C25H31N5O3/c1-30(2)24-20-8-4-5-9-21(20)28-25(29-24)27-19-13-11-18(12-14-19)26-15-17-7-3-6-10-22(17)33-16-23(31)32/h3-10,18-19,26H,11-16H2,1-2H3,(H,31,32)(H,27,28,29). The summed E-state index contributed by atoms with van der Waals surface area (Å²) in [6, 6.07) is 16.4. The van der Waals surface area contributed by atoms with Gasteiger partial charge >= 0.3 is 5.97 Å². The van der Waals surface area contributed by atoms with E-state index in [0.717, 1.165) is 48.0 Å². The Morgan fingerprint density at radius 3 is 2.48 bits per heavy atom. The normalized spacial score (nSPS) is 18.1. The van der Waals surface area contributed by atoms with Crippen molar-refractivity contribution in [1.82, 2.24) is 15.3 Å². The average molecular weight is 450 g/mol. The molecule has 0 radical (unpaired) electrons. The van der Waals surface area contributed by atoms with E-state index in [1.165, 1.54) is 0 Å². The number of carboxylic acid groups (broad SMARTS) is 1. The van der Waals surface area contributed by atoms with Crippen LogP contribution in [0.5, 0.6) is 5.75 Å². The molecule has 8 nitrogen and oxygen atoms in total. The Morgan fingerprint density at radius 2 is 1.73 bits per heavy atom. The summed E-state index contributed by atoms with van der Waals surface area (Å²) >= 11 is 0. The molecule has 1 fully saturated rings. The van der Waals surface area contributed by atoms with Crippen LogP contribution in [0.4, 0.5) is 11.8 Å². The maximum absolute atomic E-state index is 10.8. The fourth-order valence-corrected chi connectivity index (χ4v) is 4.27. The Balaban J connectivity index is 1.32. The third kappa shape index (κ3) is 5.90. The second-order valence-corrected chi connectivity index (χ2v) is 8.65. The van der Waals surface area contributed by atoms with Crippen molar-refractivity contribution in [3.8, 4) is 5.75 Å². The van der Waals surface area contributed by atoms with Crippen molar-refractivity contribution >= 4 is 28.6 Å². The van der Waals surface area contributed by atoms with Gasteiger partial charge in [0.15, 0.2) is 6.61 Å². The number of carbonyl (C=O) groups is 1. The van der Waals surface area contributed by atoms with Gasteiger partial charge in [0.25, 0.3) is 0 Å². The predicted molar refractivity (Wildman–Crippen MR) is 130 cm³/mol. The summed E-state index contributed by atoms with van der Waals surface area (Å²) in [7, 11) is 4.00. The zero-order chi connectivity index (χ0) is 23.2. The van der Waals surface area contributed by atoms with E-state index in [2.05, 4.69) is 16.7 Å². The number of para-hydroxylation sites is 2. The number of hydrogen-bond donors (Lipinski definition) is 3. The van der Waals surface area contributed by atoms with E-state index in [1.54, 1.807) is 0 Å². The number of ether oxygens (including phenoxy) is 1. The molecule has 1 saturated carbocycles. The molecule has 0 saturated heterocycles. The first-order valence-corrected chi connectivity index (χ1v) is 11.4. The third-order valence-corrected chi connectivity index (χ3v) is 5.97. The molecule has 174 valence electrons. The van der Waals surface area contributed by atoms with Crippen molar-refractivity contribution in [2.75, 3.05) is 30.9 Å². The maximum atomic E-state index is 10.8. The monoisotopic (exact) mass is 449 g/mol. The smallest absolute Gasteiger partial charge is 0.341 e. The number of nitrogens with zero attached hydrogens (tertiary/aromatic N) is 3. The minimum Gasteiger partial charge on any atom is -0.482 e. The lowest BCUT2D eigenvalue weighted by atomic mass is 9.91. The molecule has 1 aliphatic carbocycles. The van der Waals surface area contributed by atoms with E-state index >= 15 is 0 Å². The predicted octanol–water partition coefficient (Wildman–Crippen LogP) is 3.67. The molecular formula is C25H31N5O3. The van der Waals surface area contributed by atoms with Crippen molar-refractivity contribution in [3.63, 3.8) is 0 Å². The van der Waals surface area contributed by atoms with Crippen molar-refractivity contribution in [2.45, 2.75) is 44.3 Å². The van der Waals surface area contributed by atoms with Crippen LogP contribution >= 0.6 is 0 Å². The fraction of sp³-hybridized carbons (Fsp3) is 0.400. The number of hydrogen-bond acceptors (Lipinski definition) is 7. The first-order valence-electron chi connectivity index (χ1n) is 11.4. The van der Waals surface area contributed by atoms with Crippen LogP contribution in [0.25, 0.3) is 10.9 Å². The lowest BCUT2D eigenvalue weighted by Crippen LogP contribution is -2.37. The van der Waals surface area contributed by atoms with Gasteiger partial charge in [0, 0.05) is 43.7 Å². The van der Waals surface area contributed by atoms with E-state index in [1.807, 2.05) is 61.5 Å². The summed E-state index contributed by atoms with van der Waals surface area (Å²) < 4.78 is 5.41. The van der Waals surface area contributed by atoms with Crippen molar-refractivity contribution in [2.24, 2.45) is 0 Å². The number of carboxylic acids is 1. The molecule has 0 unspecified atom stereocenters. The number of anilines is 2. The van der Waals surface area contributed by atoms with Gasteiger partial charge in [-0.3, -0.25) is 0 Å². The maximum Gasteiger partial charge on any atom is 0.341 e. The van der Waals surface area contributed by atoms with Crippen molar-refractivity contribution in [3.05, 3.63) is 54.1 Å². The Kier molecular flexibility index (Phi) is 7.24. The second kappa shape index (κ2) is 10.5. The number of rotatable bonds is 9. The van der Waals surface area contributed by atoms with Gasteiger partial charge < -0.3 is 25.4 Å². The van der Waals surface area contributed by atoms with Gasteiger partial charge in [0.05, 0.1) is 5.52 Å². The average Bonchev–Trinajstić information content (AvgIpc) is 2.82. The summed E-state index contributed by atoms with van der Waals surface area (Å²) in [5.74, 6) is 1.24. The van der Waals surface area contributed by atoms with Gasteiger partial charge in [-0.25, -0.2) is 9.78 Å². The highest BCUT2D eigenvalue weighted by Crippen LogP contribution is 2.27. The number of aromatic nitrogens is 2. The van der Waals surface area contributed by atoms with E-state index in [-0.39, 0.29) is 6.61 Å². The number of benzene rings is 2. The van der Waals surface area contributed by atoms with Gasteiger partial charge in [-0.15, -0.1) is 0 Å². The topological polar surface area (TPSA) is 99.6 Å².